The molecule has 0 radical (unpaired) electrons. The first-order valence-corrected chi connectivity index (χ1v) is 9.51. The summed E-state index contributed by atoms with van der Waals surface area (Å²) in [6.45, 7) is 5.45. The van der Waals surface area contributed by atoms with Crippen molar-refractivity contribution in [1.82, 2.24) is 9.21 Å². The minimum atomic E-state index is -3.72. The molecule has 1 heterocycles. The quantitative estimate of drug-likeness (QED) is 0.830. The highest BCUT2D eigenvalue weighted by molar-refractivity contribution is 7.89. The van der Waals surface area contributed by atoms with Crippen molar-refractivity contribution in [3.05, 3.63) is 29.3 Å². The number of likely N-dealkylation sites (N-methyl/N-ethyl adjacent to an activating group) is 1. The van der Waals surface area contributed by atoms with Crippen LogP contribution in [0.2, 0.25) is 5.02 Å². The van der Waals surface area contributed by atoms with Crippen molar-refractivity contribution in [1.29, 1.82) is 0 Å². The van der Waals surface area contributed by atoms with E-state index in [1.165, 1.54) is 19.2 Å². The number of carbonyl (C=O) groups is 1. The predicted molar refractivity (Wildman–Crippen MR) is 90.8 cm³/mol. The summed E-state index contributed by atoms with van der Waals surface area (Å²) < 4.78 is 26.1. The standard InChI is InChI=1S/C16H23ClN2O3S/c1-12-7-13(2)10-19(9-12)16(20)11-18(3)23(21,22)15-6-4-5-14(17)8-15/h4-6,8,12-13H,7,9-11H2,1-3H3. The Balaban J connectivity index is 2.08. The molecule has 2 rings (SSSR count). The van der Waals surface area contributed by atoms with E-state index >= 15 is 0 Å². The number of piperidine rings is 1. The molecule has 1 fully saturated rings. The molecule has 0 saturated carbocycles. The lowest BCUT2D eigenvalue weighted by Crippen LogP contribution is -2.47. The molecule has 0 aromatic heterocycles. The highest BCUT2D eigenvalue weighted by atomic mass is 35.5. The fourth-order valence-electron chi connectivity index (χ4n) is 3.05. The second kappa shape index (κ2) is 7.20. The summed E-state index contributed by atoms with van der Waals surface area (Å²) in [5, 5.41) is 0.351. The molecule has 1 amide bonds. The zero-order valence-electron chi connectivity index (χ0n) is 13.7. The Bertz CT molecular complexity index is 668. The van der Waals surface area contributed by atoms with Gasteiger partial charge in [-0.15, -0.1) is 0 Å². The number of likely N-dealkylation sites (tertiary alicyclic amines) is 1. The van der Waals surface area contributed by atoms with E-state index in [4.69, 9.17) is 11.6 Å². The van der Waals surface area contributed by atoms with Crippen molar-refractivity contribution in [2.45, 2.75) is 25.2 Å². The van der Waals surface area contributed by atoms with Crippen LogP contribution in [-0.2, 0) is 14.8 Å². The molecule has 1 aromatic rings. The number of hydrogen-bond acceptors (Lipinski definition) is 3. The largest absolute Gasteiger partial charge is 0.341 e. The molecule has 1 aromatic carbocycles. The third kappa shape index (κ3) is 4.46. The Morgan fingerprint density at radius 1 is 1.30 bits per heavy atom. The van der Waals surface area contributed by atoms with Gasteiger partial charge in [0, 0.05) is 25.2 Å². The average Bonchev–Trinajstić information content (AvgIpc) is 2.46. The van der Waals surface area contributed by atoms with Gasteiger partial charge in [0.15, 0.2) is 0 Å². The van der Waals surface area contributed by atoms with Gasteiger partial charge >= 0.3 is 0 Å². The van der Waals surface area contributed by atoms with Crippen LogP contribution in [0.4, 0.5) is 0 Å². The zero-order valence-corrected chi connectivity index (χ0v) is 15.3. The predicted octanol–water partition coefficient (Wildman–Crippen LogP) is 2.47. The number of sulfonamides is 1. The molecule has 23 heavy (non-hydrogen) atoms. The van der Waals surface area contributed by atoms with Gasteiger partial charge in [0.2, 0.25) is 15.9 Å². The second-order valence-electron chi connectivity index (χ2n) is 6.46. The van der Waals surface area contributed by atoms with Crippen LogP contribution in [-0.4, -0.2) is 50.2 Å². The van der Waals surface area contributed by atoms with Gasteiger partial charge in [0.25, 0.3) is 0 Å². The Hall–Kier alpha value is -1.11. The molecule has 2 unspecified atom stereocenters. The molecule has 0 aliphatic carbocycles. The van der Waals surface area contributed by atoms with Crippen LogP contribution >= 0.6 is 11.6 Å². The van der Waals surface area contributed by atoms with E-state index < -0.39 is 10.0 Å². The Morgan fingerprint density at radius 3 is 2.48 bits per heavy atom. The van der Waals surface area contributed by atoms with E-state index in [1.807, 2.05) is 0 Å². The Labute approximate surface area is 143 Å². The number of benzene rings is 1. The molecular formula is C16H23ClN2O3S. The fraction of sp³-hybridized carbons (Fsp3) is 0.562. The first kappa shape index (κ1) is 18.2. The van der Waals surface area contributed by atoms with Crippen molar-refractivity contribution in [2.75, 3.05) is 26.7 Å². The van der Waals surface area contributed by atoms with Gasteiger partial charge in [-0.2, -0.15) is 4.31 Å². The normalized spacial score (nSPS) is 22.4. The molecule has 0 bridgehead atoms. The van der Waals surface area contributed by atoms with Crippen LogP contribution in [0.25, 0.3) is 0 Å². The van der Waals surface area contributed by atoms with Crippen LogP contribution in [0, 0.1) is 11.8 Å². The third-order valence-corrected chi connectivity index (χ3v) is 6.12. The highest BCUT2D eigenvalue weighted by Crippen LogP contribution is 2.22. The molecule has 1 aliphatic rings. The maximum atomic E-state index is 12.5. The van der Waals surface area contributed by atoms with Gasteiger partial charge in [-0.1, -0.05) is 31.5 Å². The summed E-state index contributed by atoms with van der Waals surface area (Å²) in [5.41, 5.74) is 0. The molecular weight excluding hydrogens is 336 g/mol. The maximum Gasteiger partial charge on any atom is 0.243 e. The van der Waals surface area contributed by atoms with Gasteiger partial charge in [-0.25, -0.2) is 8.42 Å². The average molecular weight is 359 g/mol. The van der Waals surface area contributed by atoms with Crippen molar-refractivity contribution in [3.63, 3.8) is 0 Å². The summed E-state index contributed by atoms with van der Waals surface area (Å²) in [7, 11) is -2.30. The molecule has 128 valence electrons. The number of carbonyl (C=O) groups excluding carboxylic acids is 1. The minimum absolute atomic E-state index is 0.0979. The summed E-state index contributed by atoms with van der Waals surface area (Å²) in [6.07, 6.45) is 1.10. The van der Waals surface area contributed by atoms with Crippen molar-refractivity contribution in [2.24, 2.45) is 11.8 Å². The molecule has 1 aliphatic heterocycles. The zero-order chi connectivity index (χ0) is 17.2. The monoisotopic (exact) mass is 358 g/mol. The van der Waals surface area contributed by atoms with Gasteiger partial charge in [-0.3, -0.25) is 4.79 Å². The number of nitrogens with zero attached hydrogens (tertiary/aromatic N) is 2. The molecule has 0 spiro atoms. The first-order chi connectivity index (χ1) is 10.7. The van der Waals surface area contributed by atoms with E-state index in [0.717, 1.165) is 10.7 Å². The highest BCUT2D eigenvalue weighted by Gasteiger charge is 2.29. The van der Waals surface area contributed by atoms with Crippen LogP contribution in [0.15, 0.2) is 29.2 Å². The lowest BCUT2D eigenvalue weighted by molar-refractivity contribution is -0.133. The molecule has 5 nitrogen and oxygen atoms in total. The van der Waals surface area contributed by atoms with Crippen molar-refractivity contribution in [3.8, 4) is 0 Å². The first-order valence-electron chi connectivity index (χ1n) is 7.70. The molecule has 1 saturated heterocycles. The Morgan fingerprint density at radius 2 is 1.91 bits per heavy atom. The molecule has 7 heteroatoms. The van der Waals surface area contributed by atoms with Crippen molar-refractivity contribution < 1.29 is 13.2 Å². The van der Waals surface area contributed by atoms with E-state index in [0.29, 0.717) is 29.9 Å². The van der Waals surface area contributed by atoms with Gasteiger partial charge < -0.3 is 4.90 Å². The van der Waals surface area contributed by atoms with Gasteiger partial charge in [0.05, 0.1) is 11.4 Å². The van der Waals surface area contributed by atoms with E-state index in [2.05, 4.69) is 13.8 Å². The number of halogens is 1. The van der Waals surface area contributed by atoms with Crippen LogP contribution in [0.5, 0.6) is 0 Å². The van der Waals surface area contributed by atoms with E-state index in [-0.39, 0.29) is 17.3 Å². The van der Waals surface area contributed by atoms with E-state index in [9.17, 15) is 13.2 Å². The van der Waals surface area contributed by atoms with Crippen LogP contribution in [0.1, 0.15) is 20.3 Å². The molecule has 0 N–H and O–H groups in total. The number of amides is 1. The molecule has 2 atom stereocenters. The number of rotatable bonds is 4. The lowest BCUT2D eigenvalue weighted by Gasteiger charge is -2.35. The Kier molecular flexibility index (Phi) is 5.70. The maximum absolute atomic E-state index is 12.5. The number of hydrogen-bond donors (Lipinski definition) is 0. The summed E-state index contributed by atoms with van der Waals surface area (Å²) >= 11 is 5.86. The topological polar surface area (TPSA) is 57.7 Å². The lowest BCUT2D eigenvalue weighted by atomic mass is 9.92. The fourth-order valence-corrected chi connectivity index (χ4v) is 4.47. The SMILES string of the molecule is CC1CC(C)CN(C(=O)CN(C)S(=O)(=O)c2cccc(Cl)c2)C1. The summed E-state index contributed by atoms with van der Waals surface area (Å²) in [6, 6.07) is 6.07. The smallest absolute Gasteiger partial charge is 0.243 e. The third-order valence-electron chi connectivity index (χ3n) is 4.08. The van der Waals surface area contributed by atoms with Crippen LogP contribution < -0.4 is 0 Å². The van der Waals surface area contributed by atoms with Gasteiger partial charge in [-0.05, 0) is 36.5 Å². The van der Waals surface area contributed by atoms with Crippen LogP contribution in [0.3, 0.4) is 0 Å². The second-order valence-corrected chi connectivity index (χ2v) is 8.94. The summed E-state index contributed by atoms with van der Waals surface area (Å²) in [4.78, 5) is 14.3. The summed E-state index contributed by atoms with van der Waals surface area (Å²) in [5.74, 6) is 0.728. The van der Waals surface area contributed by atoms with Gasteiger partial charge in [0.1, 0.15) is 0 Å². The van der Waals surface area contributed by atoms with Crippen molar-refractivity contribution >= 4 is 27.5 Å². The van der Waals surface area contributed by atoms with E-state index in [1.54, 1.807) is 17.0 Å². The minimum Gasteiger partial charge on any atom is -0.341 e.